The second-order valence-corrected chi connectivity index (χ2v) is 6.75. The summed E-state index contributed by atoms with van der Waals surface area (Å²) in [6.45, 7) is 0. The van der Waals surface area contributed by atoms with Crippen molar-refractivity contribution in [3.05, 3.63) is 101 Å². The molecule has 0 aliphatic carbocycles. The molecule has 28 heavy (non-hydrogen) atoms. The Bertz CT molecular complexity index is 1250. The van der Waals surface area contributed by atoms with Crippen LogP contribution in [0.25, 0.3) is 16.6 Å². The minimum absolute atomic E-state index is 0.112. The normalized spacial score (nSPS) is 15.9. The molecule has 2 aromatic carbocycles. The second kappa shape index (κ2) is 6.46. The van der Waals surface area contributed by atoms with Crippen molar-refractivity contribution in [3.8, 4) is 11.4 Å². The average Bonchev–Trinajstić information content (AvgIpc) is 2.75. The van der Waals surface area contributed by atoms with Crippen molar-refractivity contribution in [2.45, 2.75) is 12.3 Å². The lowest BCUT2D eigenvalue weighted by atomic mass is 9.87. The Morgan fingerprint density at radius 3 is 2.50 bits per heavy atom. The van der Waals surface area contributed by atoms with Crippen LogP contribution in [0, 0.1) is 0 Å². The van der Waals surface area contributed by atoms with Gasteiger partial charge in [0.1, 0.15) is 5.75 Å². The molecule has 1 aliphatic heterocycles. The Labute approximate surface area is 160 Å². The molecule has 0 bridgehead atoms. The van der Waals surface area contributed by atoms with Crippen LogP contribution < -0.4 is 10.3 Å². The van der Waals surface area contributed by atoms with Crippen LogP contribution in [-0.2, 0) is 4.79 Å². The van der Waals surface area contributed by atoms with Gasteiger partial charge in [-0.1, -0.05) is 36.4 Å². The molecule has 0 N–H and O–H groups in total. The van der Waals surface area contributed by atoms with Gasteiger partial charge in [0.05, 0.1) is 17.5 Å². The number of hydrogen-bond acceptors (Lipinski definition) is 4. The minimum Gasteiger partial charge on any atom is -0.425 e. The van der Waals surface area contributed by atoms with Crippen LogP contribution >= 0.6 is 0 Å². The van der Waals surface area contributed by atoms with Crippen molar-refractivity contribution >= 4 is 16.9 Å². The SMILES string of the molecule is O=C1CC(c2cccnc2)c2c(c3ccccc3n(-c3ccccc3)c2=O)O1. The number of rotatable bonds is 2. The first-order chi connectivity index (χ1) is 13.7. The highest BCUT2D eigenvalue weighted by Gasteiger charge is 2.34. The van der Waals surface area contributed by atoms with E-state index >= 15 is 0 Å². The first kappa shape index (κ1) is 16.4. The molecule has 0 saturated heterocycles. The summed E-state index contributed by atoms with van der Waals surface area (Å²) in [6.07, 6.45) is 3.49. The van der Waals surface area contributed by atoms with Crippen LogP contribution in [0.4, 0.5) is 0 Å². The van der Waals surface area contributed by atoms with Crippen LogP contribution in [0.5, 0.6) is 5.75 Å². The Kier molecular flexibility index (Phi) is 3.79. The fourth-order valence-electron chi connectivity index (χ4n) is 3.87. The smallest absolute Gasteiger partial charge is 0.312 e. The number of pyridine rings is 2. The highest BCUT2D eigenvalue weighted by atomic mass is 16.5. The Morgan fingerprint density at radius 1 is 0.929 bits per heavy atom. The molecule has 1 aliphatic rings. The van der Waals surface area contributed by atoms with E-state index in [2.05, 4.69) is 4.98 Å². The number of ether oxygens (including phenoxy) is 1. The van der Waals surface area contributed by atoms with Gasteiger partial charge in [-0.15, -0.1) is 0 Å². The zero-order chi connectivity index (χ0) is 19.1. The first-order valence-electron chi connectivity index (χ1n) is 9.07. The number of para-hydroxylation sites is 2. The van der Waals surface area contributed by atoms with Crippen molar-refractivity contribution in [1.29, 1.82) is 0 Å². The number of benzene rings is 2. The molecular weight excluding hydrogens is 352 g/mol. The quantitative estimate of drug-likeness (QED) is 0.505. The molecule has 0 amide bonds. The fraction of sp³-hybridized carbons (Fsp3) is 0.0870. The Balaban J connectivity index is 1.90. The zero-order valence-electron chi connectivity index (χ0n) is 14.9. The molecule has 0 radical (unpaired) electrons. The van der Waals surface area contributed by atoms with E-state index in [1.807, 2.05) is 66.7 Å². The molecule has 136 valence electrons. The Hall–Kier alpha value is -3.73. The lowest BCUT2D eigenvalue weighted by molar-refractivity contribution is -0.135. The highest BCUT2D eigenvalue weighted by Crippen LogP contribution is 2.40. The molecular formula is C23H16N2O3. The third-order valence-corrected chi connectivity index (χ3v) is 5.10. The van der Waals surface area contributed by atoms with Crippen molar-refractivity contribution in [2.24, 2.45) is 0 Å². The van der Waals surface area contributed by atoms with Crippen molar-refractivity contribution in [1.82, 2.24) is 9.55 Å². The number of hydrogen-bond donors (Lipinski definition) is 0. The van der Waals surface area contributed by atoms with E-state index in [1.54, 1.807) is 17.0 Å². The van der Waals surface area contributed by atoms with Gasteiger partial charge in [0.15, 0.2) is 0 Å². The van der Waals surface area contributed by atoms with Gasteiger partial charge in [-0.2, -0.15) is 0 Å². The average molecular weight is 368 g/mol. The number of esters is 1. The third kappa shape index (κ3) is 2.52. The van der Waals surface area contributed by atoms with Crippen LogP contribution in [0.15, 0.2) is 83.9 Å². The van der Waals surface area contributed by atoms with Crippen molar-refractivity contribution < 1.29 is 9.53 Å². The predicted octanol–water partition coefficient (Wildman–Crippen LogP) is 3.83. The monoisotopic (exact) mass is 368 g/mol. The maximum atomic E-state index is 13.7. The van der Waals surface area contributed by atoms with Gasteiger partial charge in [0, 0.05) is 29.4 Å². The van der Waals surface area contributed by atoms with E-state index in [1.165, 1.54) is 0 Å². The predicted molar refractivity (Wildman–Crippen MR) is 106 cm³/mol. The first-order valence-corrected chi connectivity index (χ1v) is 9.07. The molecule has 1 atom stereocenters. The molecule has 0 fully saturated rings. The van der Waals surface area contributed by atoms with Gasteiger partial charge in [0.2, 0.25) is 0 Å². The van der Waals surface area contributed by atoms with Gasteiger partial charge in [0.25, 0.3) is 5.56 Å². The topological polar surface area (TPSA) is 61.2 Å². The number of aromatic nitrogens is 2. The summed E-state index contributed by atoms with van der Waals surface area (Å²) in [7, 11) is 0. The van der Waals surface area contributed by atoms with Crippen LogP contribution in [0.2, 0.25) is 0 Å². The van der Waals surface area contributed by atoms with Crippen molar-refractivity contribution in [3.63, 3.8) is 0 Å². The molecule has 5 heteroatoms. The third-order valence-electron chi connectivity index (χ3n) is 5.10. The minimum atomic E-state index is -0.392. The van der Waals surface area contributed by atoms with Crippen molar-refractivity contribution in [2.75, 3.05) is 0 Å². The van der Waals surface area contributed by atoms with Crippen LogP contribution in [-0.4, -0.2) is 15.5 Å². The van der Waals surface area contributed by atoms with E-state index in [-0.39, 0.29) is 17.9 Å². The summed E-state index contributed by atoms with van der Waals surface area (Å²) < 4.78 is 7.29. The van der Waals surface area contributed by atoms with E-state index in [4.69, 9.17) is 4.74 Å². The molecule has 3 heterocycles. The number of carbonyl (C=O) groups is 1. The summed E-state index contributed by atoms with van der Waals surface area (Å²) in [5.74, 6) is -0.377. The molecule has 4 aromatic rings. The van der Waals surface area contributed by atoms with Gasteiger partial charge < -0.3 is 4.74 Å². The maximum absolute atomic E-state index is 13.7. The van der Waals surface area contributed by atoms with Gasteiger partial charge in [-0.25, -0.2) is 0 Å². The van der Waals surface area contributed by atoms with Gasteiger partial charge in [-0.3, -0.25) is 19.1 Å². The molecule has 2 aromatic heterocycles. The van der Waals surface area contributed by atoms with Gasteiger partial charge in [-0.05, 0) is 35.9 Å². The molecule has 0 spiro atoms. The van der Waals surface area contributed by atoms with E-state index in [0.717, 1.165) is 16.6 Å². The van der Waals surface area contributed by atoms with Crippen LogP contribution in [0.1, 0.15) is 23.5 Å². The molecule has 5 nitrogen and oxygen atoms in total. The summed E-state index contributed by atoms with van der Waals surface area (Å²) in [5.41, 5.74) is 2.62. The summed E-state index contributed by atoms with van der Waals surface area (Å²) in [5, 5.41) is 0.739. The summed E-state index contributed by atoms with van der Waals surface area (Å²) in [6, 6.07) is 20.7. The Morgan fingerprint density at radius 2 is 1.71 bits per heavy atom. The number of fused-ring (bicyclic) bond motifs is 3. The van der Waals surface area contributed by atoms with Crippen LogP contribution in [0.3, 0.4) is 0 Å². The summed E-state index contributed by atoms with van der Waals surface area (Å²) in [4.78, 5) is 30.2. The molecule has 0 saturated carbocycles. The van der Waals surface area contributed by atoms with E-state index < -0.39 is 5.92 Å². The standard InChI is InChI=1S/C23H16N2O3/c26-20-13-18(15-7-6-12-24-14-15)21-22(28-20)17-10-4-5-11-19(17)25(23(21)27)16-8-2-1-3-9-16/h1-12,14,18H,13H2. The number of carbonyl (C=O) groups excluding carboxylic acids is 1. The maximum Gasteiger partial charge on any atom is 0.312 e. The lowest BCUT2D eigenvalue weighted by Gasteiger charge is -2.26. The highest BCUT2D eigenvalue weighted by molar-refractivity contribution is 5.92. The molecule has 5 rings (SSSR count). The van der Waals surface area contributed by atoms with E-state index in [9.17, 15) is 9.59 Å². The van der Waals surface area contributed by atoms with Gasteiger partial charge >= 0.3 is 5.97 Å². The zero-order valence-corrected chi connectivity index (χ0v) is 14.9. The van der Waals surface area contributed by atoms with E-state index in [0.29, 0.717) is 16.8 Å². The summed E-state index contributed by atoms with van der Waals surface area (Å²) >= 11 is 0. The fourth-order valence-corrected chi connectivity index (χ4v) is 3.87. The number of nitrogens with zero attached hydrogens (tertiary/aromatic N) is 2. The lowest BCUT2D eigenvalue weighted by Crippen LogP contribution is -2.32. The largest absolute Gasteiger partial charge is 0.425 e. The second-order valence-electron chi connectivity index (χ2n) is 6.75. The molecule has 1 unspecified atom stereocenters.